The van der Waals surface area contributed by atoms with Crippen LogP contribution in [0.25, 0.3) is 22.3 Å². The van der Waals surface area contributed by atoms with E-state index in [1.54, 1.807) is 7.05 Å². The third-order valence-corrected chi connectivity index (χ3v) is 7.30. The normalized spacial score (nSPS) is 24.1. The molecule has 4 aliphatic heterocycles. The first kappa shape index (κ1) is 22.2. The second kappa shape index (κ2) is 9.05. The number of amides is 1. The van der Waals surface area contributed by atoms with E-state index in [4.69, 9.17) is 24.4 Å². The van der Waals surface area contributed by atoms with E-state index in [0.717, 1.165) is 54.9 Å². The fourth-order valence-electron chi connectivity index (χ4n) is 5.35. The van der Waals surface area contributed by atoms with E-state index in [2.05, 4.69) is 28.1 Å². The fourth-order valence-corrected chi connectivity index (χ4v) is 5.35. The van der Waals surface area contributed by atoms with Gasteiger partial charge in [-0.1, -0.05) is 12.1 Å². The van der Waals surface area contributed by atoms with Crippen LogP contribution in [0.4, 0.5) is 11.6 Å². The summed E-state index contributed by atoms with van der Waals surface area (Å²) in [5.74, 6) is 0.585. The highest BCUT2D eigenvalue weighted by Gasteiger charge is 2.36. The summed E-state index contributed by atoms with van der Waals surface area (Å²) in [6.07, 6.45) is 4.35. The molecule has 0 aliphatic carbocycles. The van der Waals surface area contributed by atoms with Gasteiger partial charge in [0.05, 0.1) is 48.7 Å². The van der Waals surface area contributed by atoms with Gasteiger partial charge in [-0.05, 0) is 38.0 Å². The largest absolute Gasteiger partial charge is 0.377 e. The minimum absolute atomic E-state index is 0.123. The summed E-state index contributed by atoms with van der Waals surface area (Å²) in [5, 5.41) is 3.62. The Kier molecular flexibility index (Phi) is 5.74. The molecule has 4 fully saturated rings. The van der Waals surface area contributed by atoms with Gasteiger partial charge < -0.3 is 24.6 Å². The van der Waals surface area contributed by atoms with Gasteiger partial charge in [0.25, 0.3) is 5.91 Å². The summed E-state index contributed by atoms with van der Waals surface area (Å²) in [6.45, 7) is 5.83. The summed E-state index contributed by atoms with van der Waals surface area (Å²) in [6, 6.07) is 10.2. The number of morpholine rings is 2. The Morgan fingerprint density at radius 1 is 1.14 bits per heavy atom. The molecule has 0 spiro atoms. The number of pyridine rings is 1. The number of hydrogen-bond donors (Lipinski definition) is 1. The quantitative estimate of drug-likeness (QED) is 0.617. The Hall–Kier alpha value is -3.30. The predicted octanol–water partition coefficient (Wildman–Crippen LogP) is 2.64. The lowest BCUT2D eigenvalue weighted by molar-refractivity contribution is -0.0232. The molecular weight excluding hydrogens is 444 g/mol. The molecule has 9 heteroatoms. The van der Waals surface area contributed by atoms with E-state index in [1.807, 2.05) is 30.5 Å². The molecule has 9 nitrogen and oxygen atoms in total. The number of benzene rings is 1. The van der Waals surface area contributed by atoms with Crippen molar-refractivity contribution in [2.24, 2.45) is 0 Å². The SMILES string of the molecule is CNC(=O)c1cccc(-c2cc(N3CCOC[C@@H]3C)c3cnc(N4CC5CCC4CO5)nc3n2)c1. The zero-order chi connectivity index (χ0) is 23.9. The molecule has 4 aliphatic rings. The Morgan fingerprint density at radius 2 is 2.06 bits per heavy atom. The fraction of sp³-hybridized carbons (Fsp3) is 0.462. The smallest absolute Gasteiger partial charge is 0.251 e. The molecule has 0 saturated carbocycles. The Morgan fingerprint density at radius 3 is 2.80 bits per heavy atom. The van der Waals surface area contributed by atoms with Crippen LogP contribution in [0.1, 0.15) is 30.1 Å². The summed E-state index contributed by atoms with van der Waals surface area (Å²) in [4.78, 5) is 31.6. The van der Waals surface area contributed by atoms with Crippen molar-refractivity contribution < 1.29 is 14.3 Å². The second-order valence-corrected chi connectivity index (χ2v) is 9.55. The molecule has 1 N–H and O–H groups in total. The number of carbonyl (C=O) groups excluding carboxylic acids is 1. The summed E-state index contributed by atoms with van der Waals surface area (Å²) in [5.41, 5.74) is 3.96. The van der Waals surface area contributed by atoms with Gasteiger partial charge in [0.15, 0.2) is 5.65 Å². The number of nitrogens with zero attached hydrogens (tertiary/aromatic N) is 5. The van der Waals surface area contributed by atoms with Crippen molar-refractivity contribution in [2.75, 3.05) is 49.8 Å². The lowest BCUT2D eigenvalue weighted by Gasteiger charge is -2.45. The van der Waals surface area contributed by atoms with Crippen LogP contribution in [0.5, 0.6) is 0 Å². The van der Waals surface area contributed by atoms with Crippen LogP contribution in [-0.2, 0) is 9.47 Å². The Bertz CT molecular complexity index is 1260. The summed E-state index contributed by atoms with van der Waals surface area (Å²) >= 11 is 0. The van der Waals surface area contributed by atoms with Crippen LogP contribution in [0, 0.1) is 0 Å². The Labute approximate surface area is 204 Å². The third-order valence-electron chi connectivity index (χ3n) is 7.30. The molecule has 35 heavy (non-hydrogen) atoms. The van der Waals surface area contributed by atoms with Crippen LogP contribution >= 0.6 is 0 Å². The van der Waals surface area contributed by atoms with Gasteiger partial charge in [0.2, 0.25) is 5.95 Å². The average Bonchev–Trinajstić information content (AvgIpc) is 2.92. The van der Waals surface area contributed by atoms with Gasteiger partial charge in [-0.3, -0.25) is 4.79 Å². The number of hydrogen-bond acceptors (Lipinski definition) is 8. The van der Waals surface area contributed by atoms with Crippen molar-refractivity contribution in [1.29, 1.82) is 0 Å². The number of fused-ring (bicyclic) bond motifs is 4. The van der Waals surface area contributed by atoms with Gasteiger partial charge in [-0.2, -0.15) is 4.98 Å². The lowest BCUT2D eigenvalue weighted by atomic mass is 9.97. The van der Waals surface area contributed by atoms with Crippen LogP contribution in [0.2, 0.25) is 0 Å². The molecule has 182 valence electrons. The van der Waals surface area contributed by atoms with E-state index < -0.39 is 0 Å². The molecule has 2 aromatic heterocycles. The summed E-state index contributed by atoms with van der Waals surface area (Å²) in [7, 11) is 1.64. The van der Waals surface area contributed by atoms with E-state index in [-0.39, 0.29) is 18.1 Å². The summed E-state index contributed by atoms with van der Waals surface area (Å²) < 4.78 is 11.6. The minimum Gasteiger partial charge on any atom is -0.377 e. The van der Waals surface area contributed by atoms with Crippen LogP contribution < -0.4 is 15.1 Å². The molecule has 2 bridgehead atoms. The van der Waals surface area contributed by atoms with Crippen molar-refractivity contribution in [3.63, 3.8) is 0 Å². The molecule has 7 rings (SSSR count). The Balaban J connectivity index is 1.48. The van der Waals surface area contributed by atoms with Crippen molar-refractivity contribution >= 4 is 28.6 Å². The van der Waals surface area contributed by atoms with Gasteiger partial charge in [-0.15, -0.1) is 0 Å². The highest BCUT2D eigenvalue weighted by molar-refractivity contribution is 5.96. The molecule has 1 amide bonds. The molecule has 1 aromatic carbocycles. The highest BCUT2D eigenvalue weighted by atomic mass is 16.5. The van der Waals surface area contributed by atoms with Crippen molar-refractivity contribution in [3.05, 3.63) is 42.1 Å². The second-order valence-electron chi connectivity index (χ2n) is 9.55. The van der Waals surface area contributed by atoms with Crippen molar-refractivity contribution in [1.82, 2.24) is 20.3 Å². The van der Waals surface area contributed by atoms with Crippen LogP contribution in [0.3, 0.4) is 0 Å². The van der Waals surface area contributed by atoms with Crippen molar-refractivity contribution in [3.8, 4) is 11.3 Å². The maximum atomic E-state index is 12.3. The predicted molar refractivity (Wildman–Crippen MR) is 134 cm³/mol. The van der Waals surface area contributed by atoms with Gasteiger partial charge in [0.1, 0.15) is 0 Å². The maximum Gasteiger partial charge on any atom is 0.251 e. The first-order valence-corrected chi connectivity index (χ1v) is 12.3. The van der Waals surface area contributed by atoms with E-state index >= 15 is 0 Å². The zero-order valence-electron chi connectivity index (χ0n) is 20.1. The minimum atomic E-state index is -0.123. The molecule has 0 radical (unpaired) electrons. The number of nitrogens with one attached hydrogen (secondary N) is 1. The van der Waals surface area contributed by atoms with E-state index in [1.165, 1.54) is 0 Å². The average molecular weight is 475 g/mol. The van der Waals surface area contributed by atoms with Crippen molar-refractivity contribution in [2.45, 2.75) is 38.0 Å². The highest BCUT2D eigenvalue weighted by Crippen LogP contribution is 2.34. The first-order chi connectivity index (χ1) is 17.1. The molecule has 2 unspecified atom stereocenters. The number of anilines is 2. The monoisotopic (exact) mass is 474 g/mol. The molecule has 3 atom stereocenters. The number of piperidine rings is 1. The van der Waals surface area contributed by atoms with Gasteiger partial charge in [0, 0.05) is 43.5 Å². The van der Waals surface area contributed by atoms with Crippen LogP contribution in [-0.4, -0.2) is 79.0 Å². The maximum absolute atomic E-state index is 12.3. The molecule has 3 aromatic rings. The molecular formula is C26H30N6O3. The number of aromatic nitrogens is 3. The number of carbonyl (C=O) groups is 1. The van der Waals surface area contributed by atoms with E-state index in [9.17, 15) is 4.79 Å². The standard InChI is InChI=1S/C26H30N6O3/c1-16-14-34-9-8-31(16)23-11-22(17-4-3-5-18(10-17)25(33)27-2)29-24-21(23)12-28-26(30-24)32-13-20-7-6-19(32)15-35-20/h3-5,10-12,16,19-20H,6-9,13-15H2,1-2H3,(H,27,33)/t16-,19?,20?/m0/s1. The topological polar surface area (TPSA) is 92.7 Å². The van der Waals surface area contributed by atoms with E-state index in [0.29, 0.717) is 36.4 Å². The van der Waals surface area contributed by atoms with Gasteiger partial charge >= 0.3 is 0 Å². The number of ether oxygens (including phenoxy) is 2. The first-order valence-electron chi connectivity index (χ1n) is 12.3. The lowest BCUT2D eigenvalue weighted by Crippen LogP contribution is -2.55. The molecule has 4 saturated heterocycles. The number of rotatable bonds is 4. The third kappa shape index (κ3) is 4.08. The van der Waals surface area contributed by atoms with Crippen LogP contribution in [0.15, 0.2) is 36.5 Å². The molecule has 6 heterocycles. The zero-order valence-corrected chi connectivity index (χ0v) is 20.1. The van der Waals surface area contributed by atoms with Gasteiger partial charge in [-0.25, -0.2) is 9.97 Å².